The Morgan fingerprint density at radius 3 is 2.45 bits per heavy atom. The van der Waals surface area contributed by atoms with Crippen molar-refractivity contribution in [2.75, 3.05) is 5.32 Å². The zero-order valence-electron chi connectivity index (χ0n) is 11.4. The molecule has 1 heterocycles. The van der Waals surface area contributed by atoms with Crippen LogP contribution in [0.2, 0.25) is 0 Å². The summed E-state index contributed by atoms with van der Waals surface area (Å²) >= 11 is 0. The van der Waals surface area contributed by atoms with Gasteiger partial charge < -0.3 is 16.0 Å². The first-order chi connectivity index (χ1) is 10.5. The Balaban J connectivity index is 1.81. The summed E-state index contributed by atoms with van der Waals surface area (Å²) in [5.41, 5.74) is 7.03. The van der Waals surface area contributed by atoms with Gasteiger partial charge in [0.2, 0.25) is 5.91 Å². The number of carbonyl (C=O) groups is 2. The lowest BCUT2D eigenvalue weighted by Crippen LogP contribution is -2.13. The molecule has 0 saturated carbocycles. The number of aromatic nitrogens is 1. The molecule has 0 aliphatic rings. The van der Waals surface area contributed by atoms with Gasteiger partial charge in [-0.2, -0.15) is 0 Å². The van der Waals surface area contributed by atoms with Crippen LogP contribution >= 0.6 is 0 Å². The Kier molecular flexibility index (Phi) is 3.34. The zero-order valence-corrected chi connectivity index (χ0v) is 11.4. The minimum atomic E-state index is -0.532. The minimum Gasteiger partial charge on any atom is -0.366 e. The van der Waals surface area contributed by atoms with Gasteiger partial charge in [-0.1, -0.05) is 0 Å². The number of aromatic amines is 1. The molecular weight excluding hydrogens is 285 g/mol. The molecule has 22 heavy (non-hydrogen) atoms. The van der Waals surface area contributed by atoms with Crippen molar-refractivity contribution in [3.63, 3.8) is 0 Å². The summed E-state index contributed by atoms with van der Waals surface area (Å²) in [7, 11) is 0. The molecule has 0 spiro atoms. The first-order valence-electron chi connectivity index (χ1n) is 6.52. The third-order valence-electron chi connectivity index (χ3n) is 3.25. The smallest absolute Gasteiger partial charge is 0.272 e. The van der Waals surface area contributed by atoms with Gasteiger partial charge >= 0.3 is 0 Å². The second-order valence-electron chi connectivity index (χ2n) is 4.81. The van der Waals surface area contributed by atoms with E-state index in [0.717, 1.165) is 0 Å². The maximum atomic E-state index is 13.1. The van der Waals surface area contributed by atoms with Crippen LogP contribution in [0.5, 0.6) is 0 Å². The fourth-order valence-corrected chi connectivity index (χ4v) is 2.14. The molecule has 0 atom stereocenters. The highest BCUT2D eigenvalue weighted by Gasteiger charge is 2.10. The van der Waals surface area contributed by atoms with E-state index < -0.39 is 5.91 Å². The molecule has 0 aliphatic heterocycles. The van der Waals surface area contributed by atoms with Crippen molar-refractivity contribution in [3.8, 4) is 0 Å². The number of anilines is 1. The van der Waals surface area contributed by atoms with E-state index in [1.165, 1.54) is 24.3 Å². The maximum absolute atomic E-state index is 13.1. The number of nitrogens with one attached hydrogen (secondary N) is 2. The summed E-state index contributed by atoms with van der Waals surface area (Å²) < 4.78 is 13.1. The van der Waals surface area contributed by atoms with E-state index in [0.29, 0.717) is 27.8 Å². The molecule has 3 rings (SSSR count). The number of amides is 2. The van der Waals surface area contributed by atoms with Crippen LogP contribution in [0, 0.1) is 5.82 Å². The van der Waals surface area contributed by atoms with Crippen LogP contribution in [-0.4, -0.2) is 16.8 Å². The lowest BCUT2D eigenvalue weighted by molar-refractivity contribution is 0.0998. The highest BCUT2D eigenvalue weighted by molar-refractivity contribution is 6.06. The van der Waals surface area contributed by atoms with Crippen molar-refractivity contribution in [1.82, 2.24) is 4.98 Å². The fourth-order valence-electron chi connectivity index (χ4n) is 2.14. The number of nitrogens with two attached hydrogens (primary N) is 1. The van der Waals surface area contributed by atoms with Gasteiger partial charge in [0.25, 0.3) is 5.91 Å². The van der Waals surface area contributed by atoms with Gasteiger partial charge in [0.05, 0.1) is 0 Å². The molecule has 3 aromatic rings. The standard InChI is InChI=1S/C16H12FN3O2/c17-11-3-6-13-10(7-11)8-14(20-13)16(22)19-12-4-1-9(2-5-12)15(18)21/h1-8,20H,(H2,18,21)(H,19,22). The van der Waals surface area contributed by atoms with Gasteiger partial charge in [-0.05, 0) is 48.5 Å². The zero-order chi connectivity index (χ0) is 15.7. The van der Waals surface area contributed by atoms with Crippen LogP contribution in [0.3, 0.4) is 0 Å². The molecule has 2 aromatic carbocycles. The summed E-state index contributed by atoms with van der Waals surface area (Å²) in [5.74, 6) is -1.25. The Hall–Kier alpha value is -3.15. The molecule has 0 unspecified atom stereocenters. The number of rotatable bonds is 3. The largest absolute Gasteiger partial charge is 0.366 e. The Bertz CT molecular complexity index is 869. The van der Waals surface area contributed by atoms with Gasteiger partial charge in [0, 0.05) is 22.2 Å². The van der Waals surface area contributed by atoms with E-state index in [2.05, 4.69) is 10.3 Å². The van der Waals surface area contributed by atoms with Crippen molar-refractivity contribution >= 4 is 28.4 Å². The topological polar surface area (TPSA) is 88.0 Å². The van der Waals surface area contributed by atoms with E-state index in [-0.39, 0.29) is 11.7 Å². The Morgan fingerprint density at radius 2 is 1.77 bits per heavy atom. The SMILES string of the molecule is NC(=O)c1ccc(NC(=O)c2cc3cc(F)ccc3[nH]2)cc1. The predicted molar refractivity (Wildman–Crippen MR) is 81.2 cm³/mol. The molecule has 1 aromatic heterocycles. The number of carbonyl (C=O) groups excluding carboxylic acids is 2. The predicted octanol–water partition coefficient (Wildman–Crippen LogP) is 2.66. The second-order valence-corrected chi connectivity index (χ2v) is 4.81. The molecule has 110 valence electrons. The minimum absolute atomic E-state index is 0.319. The molecule has 0 fully saturated rings. The number of benzene rings is 2. The van der Waals surface area contributed by atoms with E-state index in [9.17, 15) is 14.0 Å². The first-order valence-corrected chi connectivity index (χ1v) is 6.52. The van der Waals surface area contributed by atoms with Crippen molar-refractivity contribution in [2.45, 2.75) is 0 Å². The van der Waals surface area contributed by atoms with E-state index in [1.807, 2.05) is 0 Å². The molecule has 6 heteroatoms. The van der Waals surface area contributed by atoms with E-state index in [4.69, 9.17) is 5.73 Å². The monoisotopic (exact) mass is 297 g/mol. The number of H-pyrrole nitrogens is 1. The molecule has 0 bridgehead atoms. The van der Waals surface area contributed by atoms with Crippen molar-refractivity contribution in [1.29, 1.82) is 0 Å². The van der Waals surface area contributed by atoms with Crippen molar-refractivity contribution in [2.24, 2.45) is 5.73 Å². The maximum Gasteiger partial charge on any atom is 0.272 e. The summed E-state index contributed by atoms with van der Waals surface area (Å²) in [4.78, 5) is 26.1. The van der Waals surface area contributed by atoms with Crippen LogP contribution in [0.25, 0.3) is 10.9 Å². The quantitative estimate of drug-likeness (QED) is 0.694. The molecule has 5 nitrogen and oxygen atoms in total. The molecular formula is C16H12FN3O2. The summed E-state index contributed by atoms with van der Waals surface area (Å²) in [5, 5.41) is 3.30. The molecule has 2 amide bonds. The van der Waals surface area contributed by atoms with Gasteiger partial charge in [0.1, 0.15) is 11.5 Å². The average molecular weight is 297 g/mol. The van der Waals surface area contributed by atoms with Crippen LogP contribution in [0.4, 0.5) is 10.1 Å². The molecule has 4 N–H and O–H groups in total. The lowest BCUT2D eigenvalue weighted by atomic mass is 10.2. The molecule has 0 radical (unpaired) electrons. The Morgan fingerprint density at radius 1 is 1.05 bits per heavy atom. The van der Waals surface area contributed by atoms with Crippen LogP contribution in [-0.2, 0) is 0 Å². The number of halogens is 1. The molecule has 0 saturated heterocycles. The third-order valence-corrected chi connectivity index (χ3v) is 3.25. The lowest BCUT2D eigenvalue weighted by Gasteiger charge is -2.04. The van der Waals surface area contributed by atoms with Gasteiger partial charge in [-0.25, -0.2) is 4.39 Å². The highest BCUT2D eigenvalue weighted by atomic mass is 19.1. The first kappa shape index (κ1) is 13.8. The summed E-state index contributed by atoms with van der Waals surface area (Å²) in [6.45, 7) is 0. The van der Waals surface area contributed by atoms with E-state index in [1.54, 1.807) is 24.3 Å². The van der Waals surface area contributed by atoms with Crippen molar-refractivity contribution in [3.05, 3.63) is 65.6 Å². The Labute approximate surface area is 124 Å². The van der Waals surface area contributed by atoms with Crippen LogP contribution in [0.1, 0.15) is 20.8 Å². The highest BCUT2D eigenvalue weighted by Crippen LogP contribution is 2.18. The summed E-state index contributed by atoms with van der Waals surface area (Å²) in [6.07, 6.45) is 0. The fraction of sp³-hybridized carbons (Fsp3) is 0. The average Bonchev–Trinajstić information content (AvgIpc) is 2.91. The van der Waals surface area contributed by atoms with Gasteiger partial charge in [-0.15, -0.1) is 0 Å². The van der Waals surface area contributed by atoms with Crippen LogP contribution < -0.4 is 11.1 Å². The molecule has 0 aliphatic carbocycles. The number of hydrogen-bond acceptors (Lipinski definition) is 2. The van der Waals surface area contributed by atoms with E-state index >= 15 is 0 Å². The van der Waals surface area contributed by atoms with Crippen LogP contribution in [0.15, 0.2) is 48.5 Å². The van der Waals surface area contributed by atoms with Crippen molar-refractivity contribution < 1.29 is 14.0 Å². The van der Waals surface area contributed by atoms with Gasteiger partial charge in [0.15, 0.2) is 0 Å². The number of fused-ring (bicyclic) bond motifs is 1. The number of primary amides is 1. The summed E-state index contributed by atoms with van der Waals surface area (Å²) in [6, 6.07) is 12.0. The van der Waals surface area contributed by atoms with Gasteiger partial charge in [-0.3, -0.25) is 9.59 Å². The number of hydrogen-bond donors (Lipinski definition) is 3. The normalized spacial score (nSPS) is 10.6. The third kappa shape index (κ3) is 2.67. The second kappa shape index (κ2) is 5.33.